The van der Waals surface area contributed by atoms with Crippen molar-refractivity contribution in [2.75, 3.05) is 6.54 Å². The fourth-order valence-corrected chi connectivity index (χ4v) is 2.67. The van der Waals surface area contributed by atoms with Crippen molar-refractivity contribution in [2.45, 2.75) is 18.9 Å². The number of likely N-dealkylation sites (tertiary alicyclic amines) is 1. The van der Waals surface area contributed by atoms with Gasteiger partial charge in [-0.3, -0.25) is 14.6 Å². The van der Waals surface area contributed by atoms with E-state index in [1.165, 1.54) is 6.07 Å². The Kier molecular flexibility index (Phi) is 3.33. The SMILES string of the molecule is O=C(c1cccc(=O)[nH]1)N1CCCC1c1ccncc1. The lowest BCUT2D eigenvalue weighted by atomic mass is 10.1. The minimum absolute atomic E-state index is 0.0641. The highest BCUT2D eigenvalue weighted by Crippen LogP contribution is 2.32. The van der Waals surface area contributed by atoms with E-state index >= 15 is 0 Å². The lowest BCUT2D eigenvalue weighted by Crippen LogP contribution is -2.32. The number of rotatable bonds is 2. The van der Waals surface area contributed by atoms with Crippen LogP contribution in [0.4, 0.5) is 0 Å². The van der Waals surface area contributed by atoms with Gasteiger partial charge in [0.15, 0.2) is 0 Å². The first-order chi connectivity index (χ1) is 9.75. The van der Waals surface area contributed by atoms with Crippen molar-refractivity contribution < 1.29 is 4.79 Å². The minimum Gasteiger partial charge on any atom is -0.330 e. The lowest BCUT2D eigenvalue weighted by Gasteiger charge is -2.24. The van der Waals surface area contributed by atoms with E-state index in [-0.39, 0.29) is 17.5 Å². The van der Waals surface area contributed by atoms with Crippen molar-refractivity contribution in [3.05, 3.63) is 64.3 Å². The molecule has 102 valence electrons. The summed E-state index contributed by atoms with van der Waals surface area (Å²) in [4.78, 5) is 32.3. The summed E-state index contributed by atoms with van der Waals surface area (Å²) in [5.74, 6) is -0.123. The molecule has 1 fully saturated rings. The van der Waals surface area contributed by atoms with E-state index < -0.39 is 0 Å². The van der Waals surface area contributed by atoms with Crippen LogP contribution >= 0.6 is 0 Å². The molecule has 1 N–H and O–H groups in total. The van der Waals surface area contributed by atoms with Crippen LogP contribution in [0.15, 0.2) is 47.5 Å². The third-order valence-corrected chi connectivity index (χ3v) is 3.60. The van der Waals surface area contributed by atoms with E-state index in [4.69, 9.17) is 0 Å². The second-order valence-electron chi connectivity index (χ2n) is 4.87. The normalized spacial score (nSPS) is 18.2. The quantitative estimate of drug-likeness (QED) is 0.903. The van der Waals surface area contributed by atoms with E-state index in [0.29, 0.717) is 12.2 Å². The molecule has 20 heavy (non-hydrogen) atoms. The zero-order chi connectivity index (χ0) is 13.9. The van der Waals surface area contributed by atoms with Gasteiger partial charge in [0, 0.05) is 25.0 Å². The molecule has 1 amide bonds. The van der Waals surface area contributed by atoms with Gasteiger partial charge in [0.1, 0.15) is 5.69 Å². The van der Waals surface area contributed by atoms with Gasteiger partial charge in [-0.1, -0.05) is 6.07 Å². The van der Waals surface area contributed by atoms with Gasteiger partial charge >= 0.3 is 0 Å². The number of hydrogen-bond donors (Lipinski definition) is 1. The number of pyridine rings is 2. The highest BCUT2D eigenvalue weighted by molar-refractivity contribution is 5.92. The molecule has 1 unspecified atom stereocenters. The maximum atomic E-state index is 12.5. The van der Waals surface area contributed by atoms with E-state index in [1.807, 2.05) is 17.0 Å². The van der Waals surface area contributed by atoms with Crippen LogP contribution in [-0.2, 0) is 0 Å². The minimum atomic E-state index is -0.254. The number of H-pyrrole nitrogens is 1. The van der Waals surface area contributed by atoms with Gasteiger partial charge in [0.2, 0.25) is 5.56 Å². The van der Waals surface area contributed by atoms with Crippen molar-refractivity contribution in [2.24, 2.45) is 0 Å². The molecule has 5 nitrogen and oxygen atoms in total. The maximum absolute atomic E-state index is 12.5. The Labute approximate surface area is 116 Å². The smallest absolute Gasteiger partial charge is 0.270 e. The van der Waals surface area contributed by atoms with Gasteiger partial charge in [-0.2, -0.15) is 0 Å². The highest BCUT2D eigenvalue weighted by Gasteiger charge is 2.30. The molecule has 0 aliphatic carbocycles. The second-order valence-corrected chi connectivity index (χ2v) is 4.87. The van der Waals surface area contributed by atoms with E-state index in [2.05, 4.69) is 9.97 Å². The van der Waals surface area contributed by atoms with Crippen LogP contribution in [0.25, 0.3) is 0 Å². The Bertz CT molecular complexity index is 666. The predicted octanol–water partition coefficient (Wildman–Crippen LogP) is 1.75. The van der Waals surface area contributed by atoms with Crippen LogP contribution in [0.2, 0.25) is 0 Å². The van der Waals surface area contributed by atoms with Gasteiger partial charge in [0.05, 0.1) is 6.04 Å². The van der Waals surface area contributed by atoms with E-state index in [0.717, 1.165) is 18.4 Å². The van der Waals surface area contributed by atoms with Gasteiger partial charge < -0.3 is 9.88 Å². The molecule has 0 radical (unpaired) electrons. The van der Waals surface area contributed by atoms with Crippen molar-refractivity contribution in [1.82, 2.24) is 14.9 Å². The van der Waals surface area contributed by atoms with Gasteiger partial charge in [-0.25, -0.2) is 0 Å². The third kappa shape index (κ3) is 2.34. The number of hydrogen-bond acceptors (Lipinski definition) is 3. The molecule has 1 aliphatic rings. The molecule has 0 saturated carbocycles. The summed E-state index contributed by atoms with van der Waals surface area (Å²) >= 11 is 0. The summed E-state index contributed by atoms with van der Waals surface area (Å²) < 4.78 is 0. The third-order valence-electron chi connectivity index (χ3n) is 3.60. The van der Waals surface area contributed by atoms with E-state index in [9.17, 15) is 9.59 Å². The predicted molar refractivity (Wildman–Crippen MR) is 74.3 cm³/mol. The number of nitrogens with zero attached hydrogens (tertiary/aromatic N) is 2. The molecular weight excluding hydrogens is 254 g/mol. The summed E-state index contributed by atoms with van der Waals surface area (Å²) in [5, 5.41) is 0. The molecule has 1 saturated heterocycles. The van der Waals surface area contributed by atoms with Crippen LogP contribution in [0.3, 0.4) is 0 Å². The van der Waals surface area contributed by atoms with Crippen LogP contribution in [-0.4, -0.2) is 27.3 Å². The Morgan fingerprint density at radius 3 is 2.80 bits per heavy atom. The first-order valence-corrected chi connectivity index (χ1v) is 6.66. The van der Waals surface area contributed by atoms with Crippen LogP contribution in [0, 0.1) is 0 Å². The van der Waals surface area contributed by atoms with Crippen LogP contribution in [0.5, 0.6) is 0 Å². The standard InChI is InChI=1S/C15H15N3O2/c19-14-5-1-3-12(17-14)15(20)18-10-2-4-13(18)11-6-8-16-9-7-11/h1,3,5-9,13H,2,4,10H2,(H,17,19). The van der Waals surface area contributed by atoms with Crippen LogP contribution in [0.1, 0.15) is 34.9 Å². The number of carbonyl (C=O) groups excluding carboxylic acids is 1. The molecule has 0 spiro atoms. The first kappa shape index (κ1) is 12.6. The van der Waals surface area contributed by atoms with E-state index in [1.54, 1.807) is 24.5 Å². The molecule has 0 bridgehead atoms. The highest BCUT2D eigenvalue weighted by atomic mass is 16.2. The zero-order valence-corrected chi connectivity index (χ0v) is 11.0. The van der Waals surface area contributed by atoms with Crippen molar-refractivity contribution in [3.63, 3.8) is 0 Å². The molecule has 0 aromatic carbocycles. The van der Waals surface area contributed by atoms with Gasteiger partial charge in [-0.05, 0) is 36.6 Å². The molecule has 2 aromatic rings. The number of carbonyl (C=O) groups is 1. The lowest BCUT2D eigenvalue weighted by molar-refractivity contribution is 0.0729. The number of aromatic amines is 1. The Morgan fingerprint density at radius 1 is 1.25 bits per heavy atom. The molecule has 1 atom stereocenters. The molecular formula is C15H15N3O2. The second kappa shape index (κ2) is 5.28. The van der Waals surface area contributed by atoms with Crippen molar-refractivity contribution >= 4 is 5.91 Å². The molecule has 3 heterocycles. The summed E-state index contributed by atoms with van der Waals surface area (Å²) in [6.45, 7) is 0.711. The van der Waals surface area contributed by atoms with Crippen LogP contribution < -0.4 is 5.56 Å². The first-order valence-electron chi connectivity index (χ1n) is 6.66. The largest absolute Gasteiger partial charge is 0.330 e. The monoisotopic (exact) mass is 269 g/mol. The number of amides is 1. The average Bonchev–Trinajstić information content (AvgIpc) is 2.97. The average molecular weight is 269 g/mol. The van der Waals surface area contributed by atoms with Gasteiger partial charge in [-0.15, -0.1) is 0 Å². The summed E-state index contributed by atoms with van der Waals surface area (Å²) in [5.41, 5.74) is 1.18. The molecule has 2 aromatic heterocycles. The van der Waals surface area contributed by atoms with Crippen molar-refractivity contribution in [3.8, 4) is 0 Å². The fourth-order valence-electron chi connectivity index (χ4n) is 2.67. The Hall–Kier alpha value is -2.43. The zero-order valence-electron chi connectivity index (χ0n) is 11.0. The fraction of sp³-hybridized carbons (Fsp3) is 0.267. The molecule has 5 heteroatoms. The molecule has 1 aliphatic heterocycles. The Morgan fingerprint density at radius 2 is 2.05 bits per heavy atom. The number of aromatic nitrogens is 2. The maximum Gasteiger partial charge on any atom is 0.270 e. The summed E-state index contributed by atoms with van der Waals surface area (Å²) in [6.07, 6.45) is 5.38. The number of nitrogens with one attached hydrogen (secondary N) is 1. The summed E-state index contributed by atoms with van der Waals surface area (Å²) in [6, 6.07) is 8.58. The topological polar surface area (TPSA) is 66.1 Å². The summed E-state index contributed by atoms with van der Waals surface area (Å²) in [7, 11) is 0. The molecule has 3 rings (SSSR count). The van der Waals surface area contributed by atoms with Crippen molar-refractivity contribution in [1.29, 1.82) is 0 Å². The van der Waals surface area contributed by atoms with Gasteiger partial charge in [0.25, 0.3) is 5.91 Å². The Balaban J connectivity index is 1.89.